The van der Waals surface area contributed by atoms with Gasteiger partial charge in [-0.15, -0.1) is 0 Å². The molecular weight excluding hydrogens is 464 g/mol. The van der Waals surface area contributed by atoms with Crippen molar-refractivity contribution in [2.75, 3.05) is 23.7 Å². The average molecular weight is 496 g/mol. The van der Waals surface area contributed by atoms with Crippen molar-refractivity contribution in [3.63, 3.8) is 0 Å². The van der Waals surface area contributed by atoms with Gasteiger partial charge in [0.15, 0.2) is 11.6 Å². The van der Waals surface area contributed by atoms with Crippen molar-refractivity contribution in [1.29, 1.82) is 0 Å². The standard InChI is InChI=1S/C24H31F2N3O4S/c1-5-6-13-27-24(31)18(3)28(15-19-10-8-7-9-17(19)2)23(30)16-29(34(4,32)33)20-11-12-21(25)22(26)14-20/h7-12,14,18H,5-6,13,15-16H2,1-4H3,(H,27,31)/t18-/m0/s1. The van der Waals surface area contributed by atoms with Crippen molar-refractivity contribution in [2.45, 2.75) is 46.2 Å². The van der Waals surface area contributed by atoms with Gasteiger partial charge in [0, 0.05) is 19.2 Å². The maximum atomic E-state index is 13.8. The number of carbonyl (C=O) groups is 2. The summed E-state index contributed by atoms with van der Waals surface area (Å²) < 4.78 is 52.8. The molecule has 0 aliphatic carbocycles. The normalized spacial score (nSPS) is 12.2. The number of nitrogens with one attached hydrogen (secondary N) is 1. The minimum Gasteiger partial charge on any atom is -0.354 e. The first-order valence-corrected chi connectivity index (χ1v) is 12.8. The highest BCUT2D eigenvalue weighted by atomic mass is 32.2. The molecular formula is C24H31F2N3O4S. The summed E-state index contributed by atoms with van der Waals surface area (Å²) in [5.74, 6) is -3.40. The number of rotatable bonds is 11. The van der Waals surface area contributed by atoms with Crippen LogP contribution in [-0.4, -0.2) is 50.5 Å². The lowest BCUT2D eigenvalue weighted by Gasteiger charge is -2.32. The monoisotopic (exact) mass is 495 g/mol. The second-order valence-corrected chi connectivity index (χ2v) is 10.0. The van der Waals surface area contributed by atoms with E-state index in [0.29, 0.717) is 10.8 Å². The molecule has 1 N–H and O–H groups in total. The molecule has 0 unspecified atom stereocenters. The van der Waals surface area contributed by atoms with Gasteiger partial charge in [-0.1, -0.05) is 37.6 Å². The summed E-state index contributed by atoms with van der Waals surface area (Å²) in [4.78, 5) is 27.4. The number of hydrogen-bond acceptors (Lipinski definition) is 4. The van der Waals surface area contributed by atoms with Gasteiger partial charge in [0.25, 0.3) is 0 Å². The molecule has 2 amide bonds. The van der Waals surface area contributed by atoms with Crippen LogP contribution in [-0.2, 0) is 26.2 Å². The van der Waals surface area contributed by atoms with Crippen molar-refractivity contribution >= 4 is 27.5 Å². The third-order valence-corrected chi connectivity index (χ3v) is 6.61. The number of nitrogens with zero attached hydrogens (tertiary/aromatic N) is 2. The minimum absolute atomic E-state index is 0.0727. The molecule has 34 heavy (non-hydrogen) atoms. The van der Waals surface area contributed by atoms with Gasteiger partial charge >= 0.3 is 0 Å². The van der Waals surface area contributed by atoms with Crippen LogP contribution in [0.4, 0.5) is 14.5 Å². The van der Waals surface area contributed by atoms with Gasteiger partial charge in [-0.25, -0.2) is 17.2 Å². The summed E-state index contributed by atoms with van der Waals surface area (Å²) in [6, 6.07) is 9.05. The van der Waals surface area contributed by atoms with Crippen molar-refractivity contribution in [1.82, 2.24) is 10.2 Å². The average Bonchev–Trinajstić information content (AvgIpc) is 2.77. The lowest BCUT2D eigenvalue weighted by molar-refractivity contribution is -0.139. The molecule has 7 nitrogen and oxygen atoms in total. The zero-order chi connectivity index (χ0) is 25.5. The number of amides is 2. The smallest absolute Gasteiger partial charge is 0.244 e. The molecule has 0 saturated heterocycles. The summed E-state index contributed by atoms with van der Waals surface area (Å²) in [6.45, 7) is 5.28. The second-order valence-electron chi connectivity index (χ2n) is 8.14. The highest BCUT2D eigenvalue weighted by Crippen LogP contribution is 2.22. The number of benzene rings is 2. The topological polar surface area (TPSA) is 86.8 Å². The van der Waals surface area contributed by atoms with Gasteiger partial charge in [-0.3, -0.25) is 13.9 Å². The molecule has 0 fully saturated rings. The Bertz CT molecular complexity index is 1120. The quantitative estimate of drug-likeness (QED) is 0.485. The van der Waals surface area contributed by atoms with Gasteiger partial charge in [0.05, 0.1) is 11.9 Å². The fourth-order valence-corrected chi connectivity index (χ4v) is 4.19. The summed E-state index contributed by atoms with van der Waals surface area (Å²) in [5.41, 5.74) is 1.51. The third kappa shape index (κ3) is 7.24. The van der Waals surface area contributed by atoms with Crippen LogP contribution < -0.4 is 9.62 Å². The van der Waals surface area contributed by atoms with Gasteiger partial charge in [0.2, 0.25) is 21.8 Å². The predicted molar refractivity (Wildman–Crippen MR) is 128 cm³/mol. The van der Waals surface area contributed by atoms with Crippen molar-refractivity contribution < 1.29 is 26.8 Å². The molecule has 0 spiro atoms. The number of carbonyl (C=O) groups excluding carboxylic acids is 2. The molecule has 0 aromatic heterocycles. The molecule has 1 atom stereocenters. The zero-order valence-corrected chi connectivity index (χ0v) is 20.7. The maximum absolute atomic E-state index is 13.8. The van der Waals surface area contributed by atoms with Crippen LogP contribution >= 0.6 is 0 Å². The first-order chi connectivity index (χ1) is 16.0. The van der Waals surface area contributed by atoms with Gasteiger partial charge in [0.1, 0.15) is 12.6 Å². The zero-order valence-electron chi connectivity index (χ0n) is 19.8. The summed E-state index contributed by atoms with van der Waals surface area (Å²) in [5, 5.41) is 2.79. The van der Waals surface area contributed by atoms with Crippen LogP contribution in [0.1, 0.15) is 37.8 Å². The van der Waals surface area contributed by atoms with Crippen LogP contribution in [0.2, 0.25) is 0 Å². The van der Waals surface area contributed by atoms with E-state index in [1.807, 2.05) is 32.0 Å². The molecule has 2 rings (SSSR count). The van der Waals surface area contributed by atoms with Gasteiger partial charge in [-0.2, -0.15) is 0 Å². The molecule has 0 bridgehead atoms. The molecule has 2 aromatic rings. The second kappa shape index (κ2) is 11.9. The molecule has 10 heteroatoms. The number of aryl methyl sites for hydroxylation is 1. The molecule has 2 aromatic carbocycles. The van der Waals surface area contributed by atoms with Crippen LogP contribution in [0.25, 0.3) is 0 Å². The van der Waals surface area contributed by atoms with E-state index in [1.165, 1.54) is 4.90 Å². The SMILES string of the molecule is CCCCNC(=O)[C@H](C)N(Cc1ccccc1C)C(=O)CN(c1ccc(F)c(F)c1)S(C)(=O)=O. The van der Waals surface area contributed by atoms with E-state index in [1.54, 1.807) is 13.0 Å². The van der Waals surface area contributed by atoms with Crippen molar-refractivity contribution in [2.24, 2.45) is 0 Å². The van der Waals surface area contributed by atoms with Gasteiger partial charge < -0.3 is 10.2 Å². The maximum Gasteiger partial charge on any atom is 0.244 e. The molecule has 0 heterocycles. The largest absolute Gasteiger partial charge is 0.354 e. The fourth-order valence-electron chi connectivity index (χ4n) is 3.34. The Balaban J connectivity index is 2.38. The summed E-state index contributed by atoms with van der Waals surface area (Å²) in [6.07, 6.45) is 2.54. The highest BCUT2D eigenvalue weighted by Gasteiger charge is 2.30. The Morgan fingerprint density at radius 2 is 1.76 bits per heavy atom. The van der Waals surface area contributed by atoms with E-state index in [2.05, 4.69) is 5.32 Å². The van der Waals surface area contributed by atoms with E-state index in [4.69, 9.17) is 0 Å². The van der Waals surface area contributed by atoms with Crippen LogP contribution in [0.3, 0.4) is 0 Å². The highest BCUT2D eigenvalue weighted by molar-refractivity contribution is 7.92. The Labute approximate surface area is 199 Å². The molecule has 0 radical (unpaired) electrons. The molecule has 0 aliphatic rings. The van der Waals surface area contributed by atoms with Gasteiger partial charge in [-0.05, 0) is 43.5 Å². The lowest BCUT2D eigenvalue weighted by Crippen LogP contribution is -2.51. The minimum atomic E-state index is -4.02. The first-order valence-electron chi connectivity index (χ1n) is 11.0. The Morgan fingerprint density at radius 1 is 1.09 bits per heavy atom. The number of hydrogen-bond donors (Lipinski definition) is 1. The first kappa shape index (κ1) is 27.2. The van der Waals surface area contributed by atoms with E-state index in [9.17, 15) is 26.8 Å². The van der Waals surface area contributed by atoms with Crippen LogP contribution in [0.15, 0.2) is 42.5 Å². The number of halogens is 2. The van der Waals surface area contributed by atoms with E-state index >= 15 is 0 Å². The van der Waals surface area contributed by atoms with Crippen molar-refractivity contribution in [3.05, 3.63) is 65.2 Å². The van der Waals surface area contributed by atoms with Crippen LogP contribution in [0.5, 0.6) is 0 Å². The predicted octanol–water partition coefficient (Wildman–Crippen LogP) is 3.37. The van der Waals surface area contributed by atoms with Crippen molar-refractivity contribution in [3.8, 4) is 0 Å². The van der Waals surface area contributed by atoms with E-state index in [0.717, 1.165) is 48.4 Å². The Morgan fingerprint density at radius 3 is 2.35 bits per heavy atom. The summed E-state index contributed by atoms with van der Waals surface area (Å²) >= 11 is 0. The third-order valence-electron chi connectivity index (χ3n) is 5.47. The van der Waals surface area contributed by atoms with Crippen LogP contribution in [0, 0.1) is 18.6 Å². The number of sulfonamides is 1. The lowest BCUT2D eigenvalue weighted by atomic mass is 10.1. The molecule has 186 valence electrons. The van der Waals surface area contributed by atoms with E-state index in [-0.39, 0.29) is 18.1 Å². The fraction of sp³-hybridized carbons (Fsp3) is 0.417. The summed E-state index contributed by atoms with van der Waals surface area (Å²) in [7, 11) is -4.02. The number of unbranched alkanes of at least 4 members (excludes halogenated alkanes) is 1. The number of anilines is 1. The van der Waals surface area contributed by atoms with E-state index < -0.39 is 40.2 Å². The molecule has 0 saturated carbocycles. The Kier molecular flexibility index (Phi) is 9.55. The Hall–Kier alpha value is -3.01. The molecule has 0 aliphatic heterocycles.